The number of aryl methyl sites for hydroxylation is 1. The Labute approximate surface area is 144 Å². The van der Waals surface area contributed by atoms with Crippen LogP contribution in [-0.4, -0.2) is 33.0 Å². The molecule has 7 nitrogen and oxygen atoms in total. The molecule has 0 fully saturated rings. The maximum absolute atomic E-state index is 12.0. The number of amides is 2. The van der Waals surface area contributed by atoms with Crippen molar-refractivity contribution >= 4 is 29.4 Å². The van der Waals surface area contributed by atoms with E-state index in [-0.39, 0.29) is 23.6 Å². The van der Waals surface area contributed by atoms with Crippen LogP contribution in [-0.2, 0) is 9.59 Å². The Kier molecular flexibility index (Phi) is 6.36. The van der Waals surface area contributed by atoms with Gasteiger partial charge in [0.1, 0.15) is 5.76 Å². The smallest absolute Gasteiger partial charge is 0.238 e. The molecule has 2 rings (SSSR count). The summed E-state index contributed by atoms with van der Waals surface area (Å²) < 4.78 is 4.89. The van der Waals surface area contributed by atoms with Gasteiger partial charge in [0.05, 0.1) is 22.7 Å². The molecule has 2 heterocycles. The second-order valence-electron chi connectivity index (χ2n) is 5.31. The SMILES string of the molecule is Cc1cc(NC(=O)C(C)SCC(=O)NC(C)c2ccccn2)no1. The maximum Gasteiger partial charge on any atom is 0.238 e. The number of rotatable bonds is 7. The molecule has 24 heavy (non-hydrogen) atoms. The molecule has 128 valence electrons. The molecule has 0 saturated heterocycles. The lowest BCUT2D eigenvalue weighted by molar-refractivity contribution is -0.119. The number of anilines is 1. The first kappa shape index (κ1) is 18.0. The number of carbonyl (C=O) groups is 2. The number of hydrogen-bond acceptors (Lipinski definition) is 6. The fourth-order valence-electron chi connectivity index (χ4n) is 1.92. The van der Waals surface area contributed by atoms with Gasteiger partial charge < -0.3 is 15.2 Å². The molecule has 2 amide bonds. The summed E-state index contributed by atoms with van der Waals surface area (Å²) in [7, 11) is 0. The van der Waals surface area contributed by atoms with Crippen molar-refractivity contribution in [2.45, 2.75) is 32.1 Å². The molecule has 2 aromatic heterocycles. The molecule has 0 aliphatic heterocycles. The summed E-state index contributed by atoms with van der Waals surface area (Å²) in [5, 5.41) is 8.82. The third kappa shape index (κ3) is 5.38. The largest absolute Gasteiger partial charge is 0.360 e. The van der Waals surface area contributed by atoms with Gasteiger partial charge in [0.2, 0.25) is 11.8 Å². The molecule has 2 aromatic rings. The topological polar surface area (TPSA) is 97.1 Å². The van der Waals surface area contributed by atoms with Crippen molar-refractivity contribution < 1.29 is 14.1 Å². The third-order valence-electron chi connectivity index (χ3n) is 3.22. The van der Waals surface area contributed by atoms with E-state index in [2.05, 4.69) is 20.8 Å². The van der Waals surface area contributed by atoms with Crippen LogP contribution in [0.25, 0.3) is 0 Å². The Morgan fingerprint density at radius 2 is 2.12 bits per heavy atom. The lowest BCUT2D eigenvalue weighted by atomic mass is 10.2. The second-order valence-corrected chi connectivity index (χ2v) is 6.64. The van der Waals surface area contributed by atoms with Gasteiger partial charge in [-0.2, -0.15) is 0 Å². The highest BCUT2D eigenvalue weighted by Gasteiger charge is 2.18. The second kappa shape index (κ2) is 8.49. The number of hydrogen-bond donors (Lipinski definition) is 2. The Bertz CT molecular complexity index is 690. The normalized spacial score (nSPS) is 13.1. The summed E-state index contributed by atoms with van der Waals surface area (Å²) in [4.78, 5) is 28.2. The molecular weight excluding hydrogens is 328 g/mol. The predicted octanol–water partition coefficient (Wildman–Crippen LogP) is 2.32. The Balaban J connectivity index is 1.75. The number of thioether (sulfide) groups is 1. The fourth-order valence-corrected chi connectivity index (χ4v) is 2.61. The first-order valence-electron chi connectivity index (χ1n) is 7.52. The van der Waals surface area contributed by atoms with Crippen molar-refractivity contribution in [2.24, 2.45) is 0 Å². The molecule has 8 heteroatoms. The number of aromatic nitrogens is 2. The van der Waals surface area contributed by atoms with Crippen LogP contribution in [0.1, 0.15) is 31.3 Å². The van der Waals surface area contributed by atoms with Crippen LogP contribution in [0.5, 0.6) is 0 Å². The van der Waals surface area contributed by atoms with E-state index in [0.29, 0.717) is 11.6 Å². The Morgan fingerprint density at radius 1 is 1.33 bits per heavy atom. The minimum absolute atomic E-state index is 0.143. The van der Waals surface area contributed by atoms with E-state index in [9.17, 15) is 9.59 Å². The fraction of sp³-hybridized carbons (Fsp3) is 0.375. The molecule has 0 aliphatic carbocycles. The van der Waals surface area contributed by atoms with Crippen molar-refractivity contribution in [1.82, 2.24) is 15.5 Å². The van der Waals surface area contributed by atoms with Crippen LogP contribution in [0.4, 0.5) is 5.82 Å². The van der Waals surface area contributed by atoms with Crippen LogP contribution in [0.15, 0.2) is 35.0 Å². The lowest BCUT2D eigenvalue weighted by Gasteiger charge is -2.14. The molecule has 0 bridgehead atoms. The van der Waals surface area contributed by atoms with Gasteiger partial charge in [0, 0.05) is 12.3 Å². The van der Waals surface area contributed by atoms with Gasteiger partial charge in [-0.15, -0.1) is 11.8 Å². The van der Waals surface area contributed by atoms with E-state index in [0.717, 1.165) is 5.69 Å². The summed E-state index contributed by atoms with van der Waals surface area (Å²) in [6.45, 7) is 5.35. The number of nitrogens with one attached hydrogen (secondary N) is 2. The molecule has 2 unspecified atom stereocenters. The Hall–Kier alpha value is -2.35. The highest BCUT2D eigenvalue weighted by Crippen LogP contribution is 2.15. The first-order chi connectivity index (χ1) is 11.5. The van der Waals surface area contributed by atoms with Gasteiger partial charge in [-0.05, 0) is 32.9 Å². The van der Waals surface area contributed by atoms with Gasteiger partial charge in [0.15, 0.2) is 5.82 Å². The average molecular weight is 348 g/mol. The predicted molar refractivity (Wildman–Crippen MR) is 92.6 cm³/mol. The van der Waals surface area contributed by atoms with Crippen LogP contribution in [0.2, 0.25) is 0 Å². The van der Waals surface area contributed by atoms with Crippen molar-refractivity contribution in [3.63, 3.8) is 0 Å². The molecule has 0 radical (unpaired) electrons. The van der Waals surface area contributed by atoms with Gasteiger partial charge >= 0.3 is 0 Å². The summed E-state index contributed by atoms with van der Waals surface area (Å²) in [5.41, 5.74) is 0.794. The molecule has 0 aliphatic rings. The molecule has 0 spiro atoms. The molecular formula is C16H20N4O3S. The highest BCUT2D eigenvalue weighted by atomic mass is 32.2. The third-order valence-corrected chi connectivity index (χ3v) is 4.36. The van der Waals surface area contributed by atoms with Crippen molar-refractivity contribution in [2.75, 3.05) is 11.1 Å². The average Bonchev–Trinajstić information content (AvgIpc) is 2.98. The van der Waals surface area contributed by atoms with E-state index in [1.807, 2.05) is 25.1 Å². The first-order valence-corrected chi connectivity index (χ1v) is 8.56. The van der Waals surface area contributed by atoms with Gasteiger partial charge in [-0.25, -0.2) is 0 Å². The molecule has 2 N–H and O–H groups in total. The number of nitrogens with zero attached hydrogens (tertiary/aromatic N) is 2. The molecule has 0 saturated carbocycles. The van der Waals surface area contributed by atoms with E-state index in [1.54, 1.807) is 26.1 Å². The summed E-state index contributed by atoms with van der Waals surface area (Å²) in [5.74, 6) is 0.810. The van der Waals surface area contributed by atoms with Crippen molar-refractivity contribution in [3.05, 3.63) is 41.9 Å². The molecule has 0 aromatic carbocycles. The van der Waals surface area contributed by atoms with Gasteiger partial charge in [-0.1, -0.05) is 11.2 Å². The zero-order valence-corrected chi connectivity index (χ0v) is 14.6. The van der Waals surface area contributed by atoms with Crippen LogP contribution < -0.4 is 10.6 Å². The summed E-state index contributed by atoms with van der Waals surface area (Å²) >= 11 is 1.25. The summed E-state index contributed by atoms with van der Waals surface area (Å²) in [6.07, 6.45) is 1.69. The van der Waals surface area contributed by atoms with Crippen LogP contribution in [0.3, 0.4) is 0 Å². The van der Waals surface area contributed by atoms with E-state index < -0.39 is 5.25 Å². The maximum atomic E-state index is 12.0. The lowest BCUT2D eigenvalue weighted by Crippen LogP contribution is -2.30. The monoisotopic (exact) mass is 348 g/mol. The van der Waals surface area contributed by atoms with Crippen molar-refractivity contribution in [3.8, 4) is 0 Å². The van der Waals surface area contributed by atoms with Crippen LogP contribution in [0, 0.1) is 6.92 Å². The number of pyridine rings is 1. The Morgan fingerprint density at radius 3 is 2.75 bits per heavy atom. The zero-order chi connectivity index (χ0) is 17.5. The number of carbonyl (C=O) groups excluding carboxylic acids is 2. The van der Waals surface area contributed by atoms with Gasteiger partial charge in [0.25, 0.3) is 0 Å². The van der Waals surface area contributed by atoms with E-state index in [1.165, 1.54) is 11.8 Å². The minimum Gasteiger partial charge on any atom is -0.360 e. The quantitative estimate of drug-likeness (QED) is 0.797. The minimum atomic E-state index is -0.391. The standard InChI is InChI=1S/C16H20N4O3S/c1-10-8-14(20-23-10)19-16(22)12(3)24-9-15(21)18-11(2)13-6-4-5-7-17-13/h4-8,11-12H,9H2,1-3H3,(H,18,21)(H,19,20,22). The van der Waals surface area contributed by atoms with Crippen LogP contribution >= 0.6 is 11.8 Å². The van der Waals surface area contributed by atoms with E-state index >= 15 is 0 Å². The van der Waals surface area contributed by atoms with E-state index in [4.69, 9.17) is 4.52 Å². The summed E-state index contributed by atoms with van der Waals surface area (Å²) in [6, 6.07) is 7.01. The van der Waals surface area contributed by atoms with Gasteiger partial charge in [-0.3, -0.25) is 14.6 Å². The zero-order valence-electron chi connectivity index (χ0n) is 13.8. The molecule has 2 atom stereocenters. The van der Waals surface area contributed by atoms with Crippen molar-refractivity contribution in [1.29, 1.82) is 0 Å². The highest BCUT2D eigenvalue weighted by molar-refractivity contribution is 8.01.